The number of likely N-dealkylation sites (tertiary alicyclic amines) is 1. The number of nitrogens with zero attached hydrogens (tertiary/aromatic N) is 1. The Morgan fingerprint density at radius 1 is 1.24 bits per heavy atom. The molecule has 1 aliphatic rings. The van der Waals surface area contributed by atoms with Crippen molar-refractivity contribution in [1.29, 1.82) is 0 Å². The van der Waals surface area contributed by atoms with Crippen LogP contribution in [0.4, 0.5) is 13.2 Å². The SMILES string of the molecule is CCC1CC(NCC(F)(F)F)CN(C(=O)C(CC)CC)C1. The lowest BCUT2D eigenvalue weighted by Crippen LogP contribution is -2.53. The molecule has 0 spiro atoms. The fraction of sp³-hybridized carbons (Fsp3) is 0.933. The number of halogens is 3. The van der Waals surface area contributed by atoms with Crippen LogP contribution in [0.2, 0.25) is 0 Å². The second-order valence-corrected chi connectivity index (χ2v) is 5.96. The van der Waals surface area contributed by atoms with Crippen molar-refractivity contribution in [2.45, 2.75) is 58.7 Å². The Balaban J connectivity index is 2.66. The van der Waals surface area contributed by atoms with Gasteiger partial charge in [0.15, 0.2) is 0 Å². The van der Waals surface area contributed by atoms with Crippen LogP contribution in [0.1, 0.15) is 46.5 Å². The van der Waals surface area contributed by atoms with Gasteiger partial charge in [0.05, 0.1) is 6.54 Å². The molecule has 0 aliphatic carbocycles. The zero-order valence-corrected chi connectivity index (χ0v) is 13.2. The van der Waals surface area contributed by atoms with Crippen molar-refractivity contribution in [2.24, 2.45) is 11.8 Å². The molecule has 0 aromatic carbocycles. The van der Waals surface area contributed by atoms with Crippen LogP contribution in [0, 0.1) is 11.8 Å². The van der Waals surface area contributed by atoms with E-state index >= 15 is 0 Å². The molecule has 6 heteroatoms. The maximum absolute atomic E-state index is 12.4. The van der Waals surface area contributed by atoms with Gasteiger partial charge in [0.2, 0.25) is 5.91 Å². The average molecular weight is 308 g/mol. The molecule has 1 heterocycles. The normalized spacial score (nSPS) is 23.7. The minimum absolute atomic E-state index is 0.0103. The van der Waals surface area contributed by atoms with E-state index in [9.17, 15) is 18.0 Å². The van der Waals surface area contributed by atoms with Crippen LogP contribution in [-0.2, 0) is 4.79 Å². The van der Waals surface area contributed by atoms with Gasteiger partial charge in [-0.05, 0) is 25.2 Å². The first-order valence-electron chi connectivity index (χ1n) is 7.89. The predicted molar refractivity (Wildman–Crippen MR) is 76.9 cm³/mol. The van der Waals surface area contributed by atoms with Crippen molar-refractivity contribution < 1.29 is 18.0 Å². The van der Waals surface area contributed by atoms with Crippen LogP contribution in [0.3, 0.4) is 0 Å². The van der Waals surface area contributed by atoms with E-state index in [2.05, 4.69) is 5.32 Å². The van der Waals surface area contributed by atoms with E-state index in [0.717, 1.165) is 19.3 Å². The van der Waals surface area contributed by atoms with E-state index in [4.69, 9.17) is 0 Å². The van der Waals surface area contributed by atoms with Gasteiger partial charge in [-0.15, -0.1) is 0 Å². The zero-order chi connectivity index (χ0) is 16.0. The maximum Gasteiger partial charge on any atom is 0.401 e. The average Bonchev–Trinajstić information content (AvgIpc) is 2.45. The molecule has 1 amide bonds. The van der Waals surface area contributed by atoms with E-state index in [1.54, 1.807) is 4.90 Å². The second kappa shape index (κ2) is 8.01. The molecule has 2 atom stereocenters. The Hall–Kier alpha value is -0.780. The van der Waals surface area contributed by atoms with Crippen LogP contribution in [0.5, 0.6) is 0 Å². The molecule has 1 fully saturated rings. The Bertz CT molecular complexity index is 329. The van der Waals surface area contributed by atoms with Gasteiger partial charge in [0.25, 0.3) is 0 Å². The predicted octanol–water partition coefficient (Wildman–Crippen LogP) is 3.20. The van der Waals surface area contributed by atoms with Crippen LogP contribution >= 0.6 is 0 Å². The lowest BCUT2D eigenvalue weighted by molar-refractivity contribution is -0.139. The number of carbonyl (C=O) groups excluding carboxylic acids is 1. The Labute approximate surface area is 125 Å². The summed E-state index contributed by atoms with van der Waals surface area (Å²) >= 11 is 0. The molecule has 1 aliphatic heterocycles. The summed E-state index contributed by atoms with van der Waals surface area (Å²) in [5.41, 5.74) is 0. The van der Waals surface area contributed by atoms with Crippen molar-refractivity contribution in [2.75, 3.05) is 19.6 Å². The monoisotopic (exact) mass is 308 g/mol. The highest BCUT2D eigenvalue weighted by Crippen LogP contribution is 2.24. The van der Waals surface area contributed by atoms with E-state index in [1.807, 2.05) is 20.8 Å². The third-order valence-corrected chi connectivity index (χ3v) is 4.35. The summed E-state index contributed by atoms with van der Waals surface area (Å²) in [6, 6.07) is -0.261. The summed E-state index contributed by atoms with van der Waals surface area (Å²) in [6.45, 7) is 6.06. The number of hydrogen-bond donors (Lipinski definition) is 1. The first-order chi connectivity index (χ1) is 9.80. The number of carbonyl (C=O) groups is 1. The van der Waals surface area contributed by atoms with Gasteiger partial charge < -0.3 is 10.2 Å². The molecule has 1 rings (SSSR count). The fourth-order valence-electron chi connectivity index (χ4n) is 2.98. The summed E-state index contributed by atoms with van der Waals surface area (Å²) in [6.07, 6.45) is -1.05. The molecule has 0 aromatic rings. The minimum atomic E-state index is -4.20. The Kier molecular flexibility index (Phi) is 6.97. The standard InChI is InChI=1S/C15H27F3N2O/c1-4-11-7-13(19-10-15(16,17)18)9-20(8-11)14(21)12(5-2)6-3/h11-13,19H,4-10H2,1-3H3. The van der Waals surface area contributed by atoms with Gasteiger partial charge >= 0.3 is 6.18 Å². The van der Waals surface area contributed by atoms with Crippen LogP contribution < -0.4 is 5.32 Å². The van der Waals surface area contributed by atoms with Crippen molar-refractivity contribution in [3.63, 3.8) is 0 Å². The van der Waals surface area contributed by atoms with E-state index in [-0.39, 0.29) is 23.8 Å². The van der Waals surface area contributed by atoms with Gasteiger partial charge in [-0.1, -0.05) is 27.2 Å². The van der Waals surface area contributed by atoms with Gasteiger partial charge in [-0.25, -0.2) is 0 Å². The van der Waals surface area contributed by atoms with Crippen molar-refractivity contribution in [3.05, 3.63) is 0 Å². The van der Waals surface area contributed by atoms with Crippen molar-refractivity contribution in [1.82, 2.24) is 10.2 Å². The van der Waals surface area contributed by atoms with E-state index in [0.29, 0.717) is 19.5 Å². The molecular weight excluding hydrogens is 281 g/mol. The molecule has 124 valence electrons. The molecule has 1 saturated heterocycles. The van der Waals surface area contributed by atoms with Crippen LogP contribution in [-0.4, -0.2) is 42.7 Å². The summed E-state index contributed by atoms with van der Waals surface area (Å²) in [7, 11) is 0. The fourth-order valence-corrected chi connectivity index (χ4v) is 2.98. The van der Waals surface area contributed by atoms with Crippen molar-refractivity contribution in [3.8, 4) is 0 Å². The molecule has 0 saturated carbocycles. The number of alkyl halides is 3. The quantitative estimate of drug-likeness (QED) is 0.817. The van der Waals surface area contributed by atoms with Crippen LogP contribution in [0.15, 0.2) is 0 Å². The lowest BCUT2D eigenvalue weighted by atomic mass is 9.90. The third-order valence-electron chi connectivity index (χ3n) is 4.35. The van der Waals surface area contributed by atoms with Crippen LogP contribution in [0.25, 0.3) is 0 Å². The molecule has 1 N–H and O–H groups in total. The van der Waals surface area contributed by atoms with Gasteiger partial charge in [0.1, 0.15) is 0 Å². The number of amides is 1. The molecule has 21 heavy (non-hydrogen) atoms. The van der Waals surface area contributed by atoms with E-state index < -0.39 is 12.7 Å². The molecule has 0 radical (unpaired) electrons. The Morgan fingerprint density at radius 2 is 1.86 bits per heavy atom. The summed E-state index contributed by atoms with van der Waals surface area (Å²) in [5.74, 6) is 0.364. The second-order valence-electron chi connectivity index (χ2n) is 5.96. The zero-order valence-electron chi connectivity index (χ0n) is 13.2. The molecule has 3 nitrogen and oxygen atoms in total. The first-order valence-corrected chi connectivity index (χ1v) is 7.89. The summed E-state index contributed by atoms with van der Waals surface area (Å²) < 4.78 is 37.0. The summed E-state index contributed by atoms with van der Waals surface area (Å²) in [4.78, 5) is 14.2. The topological polar surface area (TPSA) is 32.3 Å². The largest absolute Gasteiger partial charge is 0.401 e. The smallest absolute Gasteiger partial charge is 0.341 e. The number of piperidine rings is 1. The Morgan fingerprint density at radius 3 is 2.33 bits per heavy atom. The molecule has 2 unspecified atom stereocenters. The third kappa shape index (κ3) is 5.85. The first kappa shape index (κ1) is 18.3. The molecule has 0 aromatic heterocycles. The number of hydrogen-bond acceptors (Lipinski definition) is 2. The molecule has 0 bridgehead atoms. The number of rotatable bonds is 6. The van der Waals surface area contributed by atoms with Gasteiger partial charge in [0, 0.05) is 25.0 Å². The van der Waals surface area contributed by atoms with E-state index in [1.165, 1.54) is 0 Å². The lowest BCUT2D eigenvalue weighted by Gasteiger charge is -2.39. The minimum Gasteiger partial charge on any atom is -0.341 e. The summed E-state index contributed by atoms with van der Waals surface area (Å²) in [5, 5.41) is 2.57. The highest BCUT2D eigenvalue weighted by atomic mass is 19.4. The van der Waals surface area contributed by atoms with Crippen molar-refractivity contribution >= 4 is 5.91 Å². The highest BCUT2D eigenvalue weighted by Gasteiger charge is 2.34. The number of nitrogens with one attached hydrogen (secondary N) is 1. The van der Waals surface area contributed by atoms with Gasteiger partial charge in [-0.2, -0.15) is 13.2 Å². The molecular formula is C15H27F3N2O. The van der Waals surface area contributed by atoms with Gasteiger partial charge in [-0.3, -0.25) is 4.79 Å². The highest BCUT2D eigenvalue weighted by molar-refractivity contribution is 5.78. The maximum atomic E-state index is 12.4.